The molecule has 3 heterocycles. The van der Waals surface area contributed by atoms with Gasteiger partial charge in [-0.25, -0.2) is 9.97 Å². The number of nitrogens with zero attached hydrogens (tertiary/aromatic N) is 3. The Bertz CT molecular complexity index is 667. The van der Waals surface area contributed by atoms with Gasteiger partial charge in [0.05, 0.1) is 9.88 Å². The summed E-state index contributed by atoms with van der Waals surface area (Å²) in [6, 6.07) is 4.18. The number of nitrogens with two attached hydrogens (primary N) is 1. The Balaban J connectivity index is 2.14. The second kappa shape index (κ2) is 5.24. The summed E-state index contributed by atoms with van der Waals surface area (Å²) >= 11 is 3.44. The minimum absolute atomic E-state index is 0.622. The monoisotopic (exact) mass is 290 g/mol. The summed E-state index contributed by atoms with van der Waals surface area (Å²) in [6.07, 6.45) is 4.55. The smallest absolute Gasteiger partial charge is 0.159 e. The average molecular weight is 290 g/mol. The van der Waals surface area contributed by atoms with E-state index in [9.17, 15) is 0 Å². The quantitative estimate of drug-likeness (QED) is 0.804. The molecule has 0 fully saturated rings. The van der Waals surface area contributed by atoms with Crippen LogP contribution in [0.4, 0.5) is 0 Å². The van der Waals surface area contributed by atoms with E-state index >= 15 is 0 Å². The predicted octanol–water partition coefficient (Wildman–Crippen LogP) is 2.77. The van der Waals surface area contributed by atoms with Crippen molar-refractivity contribution in [3.63, 3.8) is 0 Å². The van der Waals surface area contributed by atoms with Crippen molar-refractivity contribution in [3.05, 3.63) is 34.9 Å². The molecule has 19 heavy (non-hydrogen) atoms. The fourth-order valence-electron chi connectivity index (χ4n) is 1.91. The maximum Gasteiger partial charge on any atom is 0.159 e. The van der Waals surface area contributed by atoms with Crippen LogP contribution in [0.25, 0.3) is 21.3 Å². The maximum atomic E-state index is 5.64. The zero-order valence-corrected chi connectivity index (χ0v) is 12.2. The molecule has 0 aromatic carbocycles. The zero-order chi connectivity index (χ0) is 13.2. The Morgan fingerprint density at radius 2 is 2.32 bits per heavy atom. The Morgan fingerprint density at radius 3 is 2.95 bits per heavy atom. The molecule has 0 radical (unpaired) electrons. The van der Waals surface area contributed by atoms with Crippen molar-refractivity contribution >= 4 is 22.7 Å². The molecule has 3 rings (SSSR count). The third-order valence-electron chi connectivity index (χ3n) is 2.81. The molecular formula is C13H14N4S2. The van der Waals surface area contributed by atoms with Crippen molar-refractivity contribution in [1.29, 1.82) is 0 Å². The summed E-state index contributed by atoms with van der Waals surface area (Å²) in [6.45, 7) is 0.622. The van der Waals surface area contributed by atoms with E-state index in [1.807, 2.05) is 17.8 Å². The molecule has 0 aliphatic rings. The number of aryl methyl sites for hydroxylation is 1. The molecule has 0 saturated heterocycles. The highest BCUT2D eigenvalue weighted by Crippen LogP contribution is 2.38. The van der Waals surface area contributed by atoms with Gasteiger partial charge in [0.15, 0.2) is 5.82 Å². The highest BCUT2D eigenvalue weighted by Gasteiger charge is 2.18. The molecule has 2 N–H and O–H groups in total. The molecule has 0 aliphatic heterocycles. The fraction of sp³-hybridized carbons (Fsp3) is 0.231. The Labute approximate surface area is 119 Å². The summed E-state index contributed by atoms with van der Waals surface area (Å²) < 4.78 is 2.00. The normalized spacial score (nSPS) is 11.1. The van der Waals surface area contributed by atoms with E-state index < -0.39 is 0 Å². The van der Waals surface area contributed by atoms with Gasteiger partial charge in [0, 0.05) is 30.7 Å². The van der Waals surface area contributed by atoms with Gasteiger partial charge in [0.25, 0.3) is 0 Å². The molecule has 98 valence electrons. The average Bonchev–Trinajstić information content (AvgIpc) is 3.08. The van der Waals surface area contributed by atoms with Crippen LogP contribution in [0.3, 0.4) is 0 Å². The predicted molar refractivity (Wildman–Crippen MR) is 80.4 cm³/mol. The first kappa shape index (κ1) is 12.5. The molecule has 4 nitrogen and oxygen atoms in total. The number of thiazole rings is 1. The van der Waals surface area contributed by atoms with Gasteiger partial charge in [-0.15, -0.1) is 22.7 Å². The molecule has 0 amide bonds. The number of hydrogen-bond donors (Lipinski definition) is 1. The summed E-state index contributed by atoms with van der Waals surface area (Å²) in [5.74, 6) is 0.905. The van der Waals surface area contributed by atoms with Crippen LogP contribution in [0.1, 0.15) is 5.01 Å². The number of aromatic nitrogens is 3. The Hall–Kier alpha value is -1.50. The lowest BCUT2D eigenvalue weighted by Crippen LogP contribution is -2.02. The van der Waals surface area contributed by atoms with Gasteiger partial charge in [-0.1, -0.05) is 6.07 Å². The first-order valence-electron chi connectivity index (χ1n) is 6.01. The number of hydrogen-bond acceptors (Lipinski definition) is 5. The zero-order valence-electron chi connectivity index (χ0n) is 10.5. The minimum atomic E-state index is 0.622. The van der Waals surface area contributed by atoms with E-state index in [-0.39, 0.29) is 0 Å². The van der Waals surface area contributed by atoms with E-state index in [0.29, 0.717) is 6.54 Å². The van der Waals surface area contributed by atoms with Gasteiger partial charge < -0.3 is 10.3 Å². The molecule has 3 aromatic heterocycles. The fourth-order valence-corrected chi connectivity index (χ4v) is 3.84. The van der Waals surface area contributed by atoms with Crippen molar-refractivity contribution in [3.8, 4) is 21.3 Å². The standard InChI is InChI=1S/C13H14N4S2/c1-17-7-6-15-13(17)11-12(9-3-2-8-18-9)19-10(16-11)4-5-14/h2-3,6-8H,4-5,14H2,1H3. The van der Waals surface area contributed by atoms with Gasteiger partial charge in [0.2, 0.25) is 0 Å². The number of rotatable bonds is 4. The van der Waals surface area contributed by atoms with Crippen molar-refractivity contribution in [2.75, 3.05) is 6.54 Å². The molecule has 0 aliphatic carbocycles. The van der Waals surface area contributed by atoms with Crippen LogP contribution in [0.5, 0.6) is 0 Å². The second-order valence-electron chi connectivity index (χ2n) is 4.16. The van der Waals surface area contributed by atoms with E-state index in [2.05, 4.69) is 22.5 Å². The third kappa shape index (κ3) is 2.34. The van der Waals surface area contributed by atoms with Gasteiger partial charge in [-0.05, 0) is 18.0 Å². The van der Waals surface area contributed by atoms with Crippen LogP contribution in [0, 0.1) is 0 Å². The Morgan fingerprint density at radius 1 is 1.42 bits per heavy atom. The molecule has 0 bridgehead atoms. The summed E-state index contributed by atoms with van der Waals surface area (Å²) in [4.78, 5) is 11.6. The highest BCUT2D eigenvalue weighted by atomic mass is 32.1. The van der Waals surface area contributed by atoms with Crippen LogP contribution in [-0.4, -0.2) is 21.1 Å². The molecule has 0 saturated carbocycles. The number of imidazole rings is 1. The van der Waals surface area contributed by atoms with Gasteiger partial charge in [0.1, 0.15) is 5.69 Å². The number of thiophene rings is 1. The maximum absolute atomic E-state index is 5.64. The SMILES string of the molecule is Cn1ccnc1-c1nc(CCN)sc1-c1cccs1. The third-order valence-corrected chi connectivity index (χ3v) is 4.97. The molecule has 0 atom stereocenters. The van der Waals surface area contributed by atoms with Crippen LogP contribution < -0.4 is 5.73 Å². The van der Waals surface area contributed by atoms with Gasteiger partial charge in [-0.2, -0.15) is 0 Å². The first-order chi connectivity index (χ1) is 9.29. The van der Waals surface area contributed by atoms with E-state index in [4.69, 9.17) is 10.7 Å². The van der Waals surface area contributed by atoms with Crippen molar-refractivity contribution in [2.45, 2.75) is 6.42 Å². The molecule has 0 spiro atoms. The first-order valence-corrected chi connectivity index (χ1v) is 7.70. The summed E-state index contributed by atoms with van der Waals surface area (Å²) in [5, 5.41) is 3.16. The lowest BCUT2D eigenvalue weighted by Gasteiger charge is -2.00. The lowest BCUT2D eigenvalue weighted by molar-refractivity contribution is 0.911. The van der Waals surface area contributed by atoms with Crippen LogP contribution >= 0.6 is 22.7 Å². The van der Waals surface area contributed by atoms with Crippen LogP contribution in [0.15, 0.2) is 29.9 Å². The largest absolute Gasteiger partial charge is 0.333 e. The van der Waals surface area contributed by atoms with Crippen molar-refractivity contribution in [2.24, 2.45) is 12.8 Å². The minimum Gasteiger partial charge on any atom is -0.333 e. The van der Waals surface area contributed by atoms with E-state index in [0.717, 1.165) is 22.9 Å². The molecule has 3 aromatic rings. The van der Waals surface area contributed by atoms with Crippen molar-refractivity contribution in [1.82, 2.24) is 14.5 Å². The van der Waals surface area contributed by atoms with Crippen molar-refractivity contribution < 1.29 is 0 Å². The molecule has 0 unspecified atom stereocenters. The Kier molecular flexibility index (Phi) is 3.46. The summed E-state index contributed by atoms with van der Waals surface area (Å²) in [5.41, 5.74) is 6.60. The lowest BCUT2D eigenvalue weighted by atomic mass is 10.3. The second-order valence-corrected chi connectivity index (χ2v) is 6.19. The topological polar surface area (TPSA) is 56.7 Å². The highest BCUT2D eigenvalue weighted by molar-refractivity contribution is 7.21. The van der Waals surface area contributed by atoms with Gasteiger partial charge >= 0.3 is 0 Å². The van der Waals surface area contributed by atoms with Crippen LogP contribution in [0.2, 0.25) is 0 Å². The van der Waals surface area contributed by atoms with E-state index in [1.165, 1.54) is 9.75 Å². The summed E-state index contributed by atoms with van der Waals surface area (Å²) in [7, 11) is 1.99. The van der Waals surface area contributed by atoms with E-state index in [1.54, 1.807) is 28.9 Å². The van der Waals surface area contributed by atoms with Gasteiger partial charge in [-0.3, -0.25) is 0 Å². The molecule has 6 heteroatoms. The molecular weight excluding hydrogens is 276 g/mol. The van der Waals surface area contributed by atoms with Crippen LogP contribution in [-0.2, 0) is 13.5 Å².